The van der Waals surface area contributed by atoms with Crippen molar-refractivity contribution < 1.29 is 23.9 Å². The molecule has 7 nitrogen and oxygen atoms in total. The molecule has 1 aromatic rings. The number of hydrogen-bond donors (Lipinski definition) is 2. The Morgan fingerprint density at radius 2 is 1.96 bits per heavy atom. The van der Waals surface area contributed by atoms with E-state index in [1.54, 1.807) is 24.3 Å². The summed E-state index contributed by atoms with van der Waals surface area (Å²) in [4.78, 5) is 34.9. The number of hydrogen-bond acceptors (Lipinski definition) is 5. The van der Waals surface area contributed by atoms with Crippen molar-refractivity contribution in [2.45, 2.75) is 18.9 Å². The zero-order valence-electron chi connectivity index (χ0n) is 13.0. The lowest BCUT2D eigenvalue weighted by Crippen LogP contribution is -2.36. The predicted molar refractivity (Wildman–Crippen MR) is 89.4 cm³/mol. The lowest BCUT2D eigenvalue weighted by atomic mass is 10.2. The van der Waals surface area contributed by atoms with Gasteiger partial charge in [0.05, 0.1) is 6.10 Å². The monoisotopic (exact) mass is 398 g/mol. The van der Waals surface area contributed by atoms with Gasteiger partial charge in [-0.3, -0.25) is 14.4 Å². The minimum absolute atomic E-state index is 0.0369. The van der Waals surface area contributed by atoms with E-state index in [2.05, 4.69) is 26.6 Å². The molecule has 1 aliphatic rings. The summed E-state index contributed by atoms with van der Waals surface area (Å²) < 4.78 is 11.0. The van der Waals surface area contributed by atoms with Crippen LogP contribution in [0.4, 0.5) is 0 Å². The number of benzene rings is 1. The predicted octanol–water partition coefficient (Wildman–Crippen LogP) is 1.02. The van der Waals surface area contributed by atoms with Gasteiger partial charge in [0.25, 0.3) is 11.8 Å². The fourth-order valence-electron chi connectivity index (χ4n) is 2.14. The highest BCUT2D eigenvalue weighted by atomic mass is 79.9. The zero-order valence-corrected chi connectivity index (χ0v) is 14.6. The fraction of sp³-hybridized carbons (Fsp3) is 0.438. The molecular formula is C16H19BrN2O5. The van der Waals surface area contributed by atoms with Crippen LogP contribution in [0.3, 0.4) is 0 Å². The lowest BCUT2D eigenvalue weighted by molar-refractivity contribution is -0.147. The molecule has 2 amide bonds. The van der Waals surface area contributed by atoms with Crippen LogP contribution in [0.15, 0.2) is 28.7 Å². The summed E-state index contributed by atoms with van der Waals surface area (Å²) in [6.45, 7) is 0.456. The topological polar surface area (TPSA) is 93.7 Å². The number of rotatable bonds is 7. The first-order chi connectivity index (χ1) is 11.5. The van der Waals surface area contributed by atoms with Gasteiger partial charge >= 0.3 is 5.97 Å². The Morgan fingerprint density at radius 3 is 2.62 bits per heavy atom. The molecule has 1 saturated heterocycles. The number of nitrogens with one attached hydrogen (secondary N) is 2. The van der Waals surface area contributed by atoms with E-state index in [0.29, 0.717) is 18.7 Å². The maximum absolute atomic E-state index is 11.8. The van der Waals surface area contributed by atoms with Gasteiger partial charge in [-0.25, -0.2) is 0 Å². The van der Waals surface area contributed by atoms with E-state index in [9.17, 15) is 14.4 Å². The van der Waals surface area contributed by atoms with Crippen LogP contribution in [-0.2, 0) is 19.1 Å². The van der Waals surface area contributed by atoms with Gasteiger partial charge in [0, 0.05) is 23.2 Å². The fourth-order valence-corrected chi connectivity index (χ4v) is 2.40. The highest BCUT2D eigenvalue weighted by molar-refractivity contribution is 9.10. The standard InChI is InChI=1S/C16H19BrN2O5/c17-12-5-3-11(4-6-12)16(22)19-9-15(21)24-10-14(20)18-8-13-2-1-7-23-13/h3-6,13H,1-2,7-10H2,(H,18,20)(H,19,22)/t13-/m1/s1. The molecule has 1 aromatic carbocycles. The Kier molecular flexibility index (Phi) is 7.20. The largest absolute Gasteiger partial charge is 0.454 e. The van der Waals surface area contributed by atoms with Crippen LogP contribution in [0.5, 0.6) is 0 Å². The Labute approximate surface area is 148 Å². The van der Waals surface area contributed by atoms with Gasteiger partial charge in [0.1, 0.15) is 6.54 Å². The summed E-state index contributed by atoms with van der Waals surface area (Å²) in [5.74, 6) is -1.45. The van der Waals surface area contributed by atoms with Gasteiger partial charge < -0.3 is 20.1 Å². The highest BCUT2D eigenvalue weighted by Crippen LogP contribution is 2.11. The number of amides is 2. The summed E-state index contributed by atoms with van der Waals surface area (Å²) >= 11 is 3.27. The van der Waals surface area contributed by atoms with Crippen molar-refractivity contribution in [3.8, 4) is 0 Å². The first-order valence-electron chi connectivity index (χ1n) is 7.62. The van der Waals surface area contributed by atoms with E-state index in [0.717, 1.165) is 17.3 Å². The van der Waals surface area contributed by atoms with Crippen LogP contribution in [0.2, 0.25) is 0 Å². The summed E-state index contributed by atoms with van der Waals surface area (Å²) in [5.41, 5.74) is 0.431. The molecule has 2 N–H and O–H groups in total. The summed E-state index contributed by atoms with van der Waals surface area (Å²) in [7, 11) is 0. The summed E-state index contributed by atoms with van der Waals surface area (Å²) in [6, 6.07) is 6.71. The van der Waals surface area contributed by atoms with Gasteiger partial charge in [0.15, 0.2) is 6.61 Å². The van der Waals surface area contributed by atoms with Crippen molar-refractivity contribution >= 4 is 33.7 Å². The molecule has 0 unspecified atom stereocenters. The molecule has 130 valence electrons. The normalized spacial score (nSPS) is 16.5. The third-order valence-corrected chi connectivity index (χ3v) is 3.94. The average Bonchev–Trinajstić information content (AvgIpc) is 3.10. The quantitative estimate of drug-likeness (QED) is 0.668. The highest BCUT2D eigenvalue weighted by Gasteiger charge is 2.16. The van der Waals surface area contributed by atoms with Gasteiger partial charge in [-0.15, -0.1) is 0 Å². The Hall–Kier alpha value is -1.93. The first-order valence-corrected chi connectivity index (χ1v) is 8.41. The molecule has 24 heavy (non-hydrogen) atoms. The van der Waals surface area contributed by atoms with Crippen molar-refractivity contribution in [2.24, 2.45) is 0 Å². The van der Waals surface area contributed by atoms with Gasteiger partial charge in [-0.1, -0.05) is 15.9 Å². The van der Waals surface area contributed by atoms with Crippen molar-refractivity contribution in [2.75, 3.05) is 26.3 Å². The first kappa shape index (κ1) is 18.4. The third kappa shape index (κ3) is 6.29. The molecule has 0 bridgehead atoms. The van der Waals surface area contributed by atoms with Crippen molar-refractivity contribution in [3.63, 3.8) is 0 Å². The number of carbonyl (C=O) groups is 3. The van der Waals surface area contributed by atoms with Gasteiger partial charge in [-0.2, -0.15) is 0 Å². The third-order valence-electron chi connectivity index (χ3n) is 3.41. The minimum atomic E-state index is -0.673. The van der Waals surface area contributed by atoms with Crippen LogP contribution in [0.25, 0.3) is 0 Å². The molecule has 0 aliphatic carbocycles. The molecule has 1 atom stereocenters. The van der Waals surface area contributed by atoms with E-state index in [1.165, 1.54) is 0 Å². The summed E-state index contributed by atoms with van der Waals surface area (Å²) in [5, 5.41) is 5.08. The Bertz CT molecular complexity index is 585. The number of carbonyl (C=O) groups excluding carboxylic acids is 3. The van der Waals surface area contributed by atoms with E-state index in [-0.39, 0.29) is 25.2 Å². The number of halogens is 1. The maximum Gasteiger partial charge on any atom is 0.325 e. The molecule has 2 rings (SSSR count). The average molecular weight is 399 g/mol. The molecule has 0 spiro atoms. The second-order valence-electron chi connectivity index (χ2n) is 5.29. The molecule has 0 saturated carbocycles. The molecule has 0 aromatic heterocycles. The van der Waals surface area contributed by atoms with E-state index in [1.807, 2.05) is 0 Å². The van der Waals surface area contributed by atoms with E-state index < -0.39 is 11.9 Å². The van der Waals surface area contributed by atoms with Crippen LogP contribution in [0.1, 0.15) is 23.2 Å². The number of esters is 1. The molecule has 0 radical (unpaired) electrons. The second-order valence-corrected chi connectivity index (χ2v) is 6.21. The van der Waals surface area contributed by atoms with Gasteiger partial charge in [-0.05, 0) is 37.1 Å². The molecule has 1 heterocycles. The van der Waals surface area contributed by atoms with E-state index >= 15 is 0 Å². The molecule has 1 aliphatic heterocycles. The molecule has 8 heteroatoms. The second kappa shape index (κ2) is 9.39. The van der Waals surface area contributed by atoms with Crippen molar-refractivity contribution in [1.29, 1.82) is 0 Å². The summed E-state index contributed by atoms with van der Waals surface area (Å²) in [6.07, 6.45) is 1.95. The molecular weight excluding hydrogens is 380 g/mol. The maximum atomic E-state index is 11.8. The lowest BCUT2D eigenvalue weighted by Gasteiger charge is -2.11. The Balaban J connectivity index is 1.61. The van der Waals surface area contributed by atoms with Gasteiger partial charge in [0.2, 0.25) is 0 Å². The number of ether oxygens (including phenoxy) is 2. The van der Waals surface area contributed by atoms with Crippen LogP contribution >= 0.6 is 15.9 Å². The van der Waals surface area contributed by atoms with Crippen LogP contribution in [0, 0.1) is 0 Å². The molecule has 1 fully saturated rings. The Morgan fingerprint density at radius 1 is 1.21 bits per heavy atom. The van der Waals surface area contributed by atoms with E-state index in [4.69, 9.17) is 9.47 Å². The van der Waals surface area contributed by atoms with Crippen molar-refractivity contribution in [3.05, 3.63) is 34.3 Å². The van der Waals surface area contributed by atoms with Crippen molar-refractivity contribution in [1.82, 2.24) is 10.6 Å². The SMILES string of the molecule is O=C(COC(=O)CNC(=O)c1ccc(Br)cc1)NC[C@H]1CCCO1. The minimum Gasteiger partial charge on any atom is -0.454 e. The van der Waals surface area contributed by atoms with Crippen LogP contribution in [-0.4, -0.2) is 50.2 Å². The zero-order chi connectivity index (χ0) is 17.4. The smallest absolute Gasteiger partial charge is 0.325 e. The van der Waals surface area contributed by atoms with Crippen LogP contribution < -0.4 is 10.6 Å².